The highest BCUT2D eigenvalue weighted by atomic mass is 35.5. The van der Waals surface area contributed by atoms with E-state index < -0.39 is 0 Å². The van der Waals surface area contributed by atoms with Gasteiger partial charge in [0, 0.05) is 17.5 Å². The number of hydrogen-bond donors (Lipinski definition) is 1. The van der Waals surface area contributed by atoms with Crippen molar-refractivity contribution in [1.29, 1.82) is 0 Å². The van der Waals surface area contributed by atoms with Crippen molar-refractivity contribution in [2.75, 3.05) is 6.54 Å². The predicted molar refractivity (Wildman–Crippen MR) is 90.1 cm³/mol. The van der Waals surface area contributed by atoms with Crippen LogP contribution in [-0.2, 0) is 6.42 Å². The Labute approximate surface area is 135 Å². The van der Waals surface area contributed by atoms with E-state index in [9.17, 15) is 0 Å². The van der Waals surface area contributed by atoms with Crippen LogP contribution in [-0.4, -0.2) is 16.8 Å². The Morgan fingerprint density at radius 1 is 1.29 bits per heavy atom. The van der Waals surface area contributed by atoms with Gasteiger partial charge in [-0.05, 0) is 42.6 Å². The first-order chi connectivity index (χ1) is 10.3. The summed E-state index contributed by atoms with van der Waals surface area (Å²) in [6.07, 6.45) is 3.96. The average Bonchev–Trinajstić information content (AvgIpc) is 2.85. The summed E-state index contributed by atoms with van der Waals surface area (Å²) in [5.41, 5.74) is 2.90. The largest absolute Gasteiger partial charge is 0.309 e. The number of aromatic nitrogens is 1. The molecule has 0 aliphatic heterocycles. The number of rotatable bonds is 5. The molecule has 0 spiro atoms. The Bertz CT molecular complexity index is 600. The fraction of sp³-hybridized carbons (Fsp3) is 0.353. The fourth-order valence-electron chi connectivity index (χ4n) is 2.80. The number of hydrogen-bond acceptors (Lipinski definition) is 3. The van der Waals surface area contributed by atoms with E-state index in [1.807, 2.05) is 23.9 Å². The second-order valence-electron chi connectivity index (χ2n) is 5.31. The molecule has 1 heterocycles. The van der Waals surface area contributed by atoms with Crippen LogP contribution in [0.25, 0.3) is 0 Å². The first kappa shape index (κ1) is 14.9. The van der Waals surface area contributed by atoms with Crippen molar-refractivity contribution >= 4 is 23.4 Å². The van der Waals surface area contributed by atoms with E-state index in [0.29, 0.717) is 16.3 Å². The summed E-state index contributed by atoms with van der Waals surface area (Å²) in [6, 6.07) is 13.1. The molecule has 2 aromatic rings. The Morgan fingerprint density at radius 3 is 2.90 bits per heavy atom. The summed E-state index contributed by atoms with van der Waals surface area (Å²) in [6.45, 7) is 3.25. The second-order valence-corrected chi connectivity index (χ2v) is 7.00. The third kappa shape index (κ3) is 3.42. The Kier molecular flexibility index (Phi) is 4.84. The summed E-state index contributed by atoms with van der Waals surface area (Å²) in [7, 11) is 0. The molecule has 1 aliphatic carbocycles. The van der Waals surface area contributed by atoms with E-state index in [4.69, 9.17) is 11.6 Å². The zero-order valence-corrected chi connectivity index (χ0v) is 13.6. The lowest BCUT2D eigenvalue weighted by Crippen LogP contribution is -2.27. The smallest absolute Gasteiger partial charge is 0.0964 e. The van der Waals surface area contributed by atoms with Crippen LogP contribution in [0.4, 0.5) is 0 Å². The van der Waals surface area contributed by atoms with Gasteiger partial charge in [-0.25, -0.2) is 4.98 Å². The van der Waals surface area contributed by atoms with Crippen molar-refractivity contribution in [1.82, 2.24) is 10.3 Å². The van der Waals surface area contributed by atoms with E-state index in [2.05, 4.69) is 41.5 Å². The maximum Gasteiger partial charge on any atom is 0.0964 e. The van der Waals surface area contributed by atoms with Gasteiger partial charge >= 0.3 is 0 Å². The number of fused-ring (bicyclic) bond motifs is 1. The van der Waals surface area contributed by atoms with Crippen molar-refractivity contribution in [2.24, 2.45) is 0 Å². The van der Waals surface area contributed by atoms with Crippen molar-refractivity contribution in [2.45, 2.75) is 36.1 Å². The highest BCUT2D eigenvalue weighted by Gasteiger charge is 2.32. The number of thioether (sulfide) groups is 1. The van der Waals surface area contributed by atoms with Gasteiger partial charge in [0.2, 0.25) is 0 Å². The number of pyridine rings is 1. The van der Waals surface area contributed by atoms with Gasteiger partial charge in [0.05, 0.1) is 10.0 Å². The molecule has 21 heavy (non-hydrogen) atoms. The third-order valence-corrected chi connectivity index (χ3v) is 5.22. The average molecular weight is 319 g/mol. The van der Waals surface area contributed by atoms with E-state index in [1.54, 1.807) is 6.20 Å². The monoisotopic (exact) mass is 318 g/mol. The normalized spacial score (nSPS) is 20.5. The Balaban J connectivity index is 1.79. The van der Waals surface area contributed by atoms with Crippen LogP contribution in [0.3, 0.4) is 0 Å². The van der Waals surface area contributed by atoms with Crippen LogP contribution in [0, 0.1) is 0 Å². The molecule has 0 amide bonds. The molecule has 1 aromatic carbocycles. The van der Waals surface area contributed by atoms with Crippen LogP contribution in [0.2, 0.25) is 5.02 Å². The molecule has 2 atom stereocenters. The van der Waals surface area contributed by atoms with Gasteiger partial charge in [-0.15, -0.1) is 11.8 Å². The molecule has 2 unspecified atom stereocenters. The lowest BCUT2D eigenvalue weighted by Gasteiger charge is -2.21. The van der Waals surface area contributed by atoms with Gasteiger partial charge in [0.15, 0.2) is 0 Å². The number of nitrogens with zero attached hydrogens (tertiary/aromatic N) is 1. The zero-order valence-electron chi connectivity index (χ0n) is 12.1. The molecule has 0 fully saturated rings. The van der Waals surface area contributed by atoms with E-state index >= 15 is 0 Å². The molecule has 4 heteroatoms. The Morgan fingerprint density at radius 2 is 2.14 bits per heavy atom. The summed E-state index contributed by atoms with van der Waals surface area (Å²) in [5.74, 6) is 0. The van der Waals surface area contributed by atoms with Gasteiger partial charge in [0.25, 0.3) is 0 Å². The maximum absolute atomic E-state index is 5.91. The van der Waals surface area contributed by atoms with Crippen molar-refractivity contribution in [3.05, 3.63) is 58.7 Å². The number of nitrogens with one attached hydrogen (secondary N) is 1. The molecule has 1 aromatic heterocycles. The lowest BCUT2D eigenvalue weighted by atomic mass is 10.1. The van der Waals surface area contributed by atoms with Gasteiger partial charge in [0.1, 0.15) is 0 Å². The molecule has 1 aliphatic rings. The zero-order chi connectivity index (χ0) is 14.7. The summed E-state index contributed by atoms with van der Waals surface area (Å²) < 4.78 is 0. The third-order valence-electron chi connectivity index (χ3n) is 3.77. The van der Waals surface area contributed by atoms with Gasteiger partial charge in [-0.3, -0.25) is 0 Å². The van der Waals surface area contributed by atoms with Crippen LogP contribution >= 0.6 is 23.4 Å². The maximum atomic E-state index is 5.91. The molecule has 110 valence electrons. The minimum absolute atomic E-state index is 0.406. The van der Waals surface area contributed by atoms with Crippen LogP contribution < -0.4 is 5.32 Å². The first-order valence-electron chi connectivity index (χ1n) is 7.37. The summed E-state index contributed by atoms with van der Waals surface area (Å²) in [5, 5.41) is 5.91. The topological polar surface area (TPSA) is 24.9 Å². The molecule has 2 nitrogen and oxygen atoms in total. The van der Waals surface area contributed by atoms with Crippen molar-refractivity contribution < 1.29 is 0 Å². The van der Waals surface area contributed by atoms with E-state index in [-0.39, 0.29) is 0 Å². The molecule has 0 saturated heterocycles. The molecule has 0 saturated carbocycles. The minimum atomic E-state index is 0.406. The highest BCUT2D eigenvalue weighted by molar-refractivity contribution is 7.99. The quantitative estimate of drug-likeness (QED) is 0.879. The Hall–Kier alpha value is -1.03. The van der Waals surface area contributed by atoms with Crippen molar-refractivity contribution in [3.63, 3.8) is 0 Å². The fourth-order valence-corrected chi connectivity index (χ4v) is 4.12. The predicted octanol–water partition coefficient (Wildman–Crippen LogP) is 4.49. The van der Waals surface area contributed by atoms with Gasteiger partial charge in [-0.2, -0.15) is 0 Å². The highest BCUT2D eigenvalue weighted by Crippen LogP contribution is 2.40. The second kappa shape index (κ2) is 6.82. The molecule has 0 bridgehead atoms. The summed E-state index contributed by atoms with van der Waals surface area (Å²) in [4.78, 5) is 4.42. The van der Waals surface area contributed by atoms with Crippen molar-refractivity contribution in [3.8, 4) is 0 Å². The van der Waals surface area contributed by atoms with Gasteiger partial charge < -0.3 is 5.32 Å². The van der Waals surface area contributed by atoms with Gasteiger partial charge in [-0.1, -0.05) is 42.8 Å². The number of halogens is 1. The minimum Gasteiger partial charge on any atom is -0.309 e. The molecular formula is C17H19ClN2S. The van der Waals surface area contributed by atoms with E-state index in [1.165, 1.54) is 11.1 Å². The van der Waals surface area contributed by atoms with Crippen LogP contribution in [0.5, 0.6) is 0 Å². The molecular weight excluding hydrogens is 300 g/mol. The van der Waals surface area contributed by atoms with Crippen LogP contribution in [0.1, 0.15) is 30.5 Å². The lowest BCUT2D eigenvalue weighted by molar-refractivity contribution is 0.538. The molecule has 0 radical (unpaired) electrons. The molecule has 3 rings (SSSR count). The van der Waals surface area contributed by atoms with Crippen LogP contribution in [0.15, 0.2) is 47.6 Å². The number of benzene rings is 1. The SMILES string of the molecule is CCCNC1c2ccccc2CC1Sc1ccc(Cl)cn1. The van der Waals surface area contributed by atoms with E-state index in [0.717, 1.165) is 24.4 Å². The standard InChI is InChI=1S/C17H19ClN2S/c1-2-9-19-17-14-6-4-3-5-12(14)10-15(17)21-16-8-7-13(18)11-20-16/h3-8,11,15,17,19H,2,9-10H2,1H3. The summed E-state index contributed by atoms with van der Waals surface area (Å²) >= 11 is 7.76. The molecule has 1 N–H and O–H groups in total. The first-order valence-corrected chi connectivity index (χ1v) is 8.63.